The Bertz CT molecular complexity index is 989. The van der Waals surface area contributed by atoms with Crippen molar-refractivity contribution in [2.75, 3.05) is 7.05 Å². The molecule has 0 fully saturated rings. The predicted octanol–water partition coefficient (Wildman–Crippen LogP) is 1.40. The third kappa shape index (κ3) is 3.62. The van der Waals surface area contributed by atoms with Gasteiger partial charge in [-0.05, 0) is 24.6 Å². The highest BCUT2D eigenvalue weighted by Crippen LogP contribution is 2.20. The first-order valence-corrected chi connectivity index (χ1v) is 9.45. The van der Waals surface area contributed by atoms with Crippen molar-refractivity contribution in [3.05, 3.63) is 40.6 Å². The number of hydrogen-bond acceptors (Lipinski definition) is 8. The lowest BCUT2D eigenvalue weighted by atomic mass is 10.3. The zero-order valence-electron chi connectivity index (χ0n) is 13.3. The Hall–Kier alpha value is -2.50. The third-order valence-electron chi connectivity index (χ3n) is 3.34. The fraction of sp³-hybridized carbons (Fsp3) is 0.214. The van der Waals surface area contributed by atoms with Crippen molar-refractivity contribution in [3.8, 4) is 11.5 Å². The molecular formula is C14H14N4O5S2. The zero-order valence-corrected chi connectivity index (χ0v) is 14.9. The van der Waals surface area contributed by atoms with Crippen LogP contribution in [0.2, 0.25) is 0 Å². The molecule has 0 bridgehead atoms. The Morgan fingerprint density at radius 1 is 1.48 bits per heavy atom. The number of rotatable bonds is 6. The van der Waals surface area contributed by atoms with Gasteiger partial charge in [0.25, 0.3) is 5.89 Å². The second-order valence-corrected chi connectivity index (χ2v) is 7.65. The highest BCUT2D eigenvalue weighted by atomic mass is 32.2. The molecule has 0 radical (unpaired) electrons. The smallest absolute Gasteiger partial charge is 0.355 e. The summed E-state index contributed by atoms with van der Waals surface area (Å²) in [4.78, 5) is 16.3. The molecule has 0 aliphatic heterocycles. The van der Waals surface area contributed by atoms with Crippen LogP contribution in [0.4, 0.5) is 0 Å². The SMILES string of the molecule is CNS(=O)(=O)c1cc(C(=O)OCc2noc(-c3ccsc3)n2)n(C)c1. The number of aromatic nitrogens is 3. The van der Waals surface area contributed by atoms with Gasteiger partial charge in [-0.1, -0.05) is 5.16 Å². The normalized spacial score (nSPS) is 11.6. The van der Waals surface area contributed by atoms with Crippen LogP contribution in [0, 0.1) is 0 Å². The first-order valence-electron chi connectivity index (χ1n) is 7.03. The first-order chi connectivity index (χ1) is 11.9. The molecule has 11 heteroatoms. The fourth-order valence-corrected chi connectivity index (χ4v) is 3.45. The van der Waals surface area contributed by atoms with Crippen LogP contribution in [0.1, 0.15) is 16.3 Å². The zero-order chi connectivity index (χ0) is 18.0. The molecule has 9 nitrogen and oxygen atoms in total. The Morgan fingerprint density at radius 2 is 2.28 bits per heavy atom. The van der Waals surface area contributed by atoms with E-state index >= 15 is 0 Å². The van der Waals surface area contributed by atoms with Crippen LogP contribution in [0.15, 0.2) is 38.5 Å². The van der Waals surface area contributed by atoms with Crippen molar-refractivity contribution in [2.24, 2.45) is 7.05 Å². The monoisotopic (exact) mass is 382 g/mol. The van der Waals surface area contributed by atoms with E-state index in [-0.39, 0.29) is 23.0 Å². The van der Waals surface area contributed by atoms with E-state index < -0.39 is 16.0 Å². The van der Waals surface area contributed by atoms with Gasteiger partial charge in [-0.25, -0.2) is 17.9 Å². The first kappa shape index (κ1) is 17.3. The maximum Gasteiger partial charge on any atom is 0.355 e. The van der Waals surface area contributed by atoms with Crippen LogP contribution in [0.5, 0.6) is 0 Å². The minimum Gasteiger partial charge on any atom is -0.453 e. The molecular weight excluding hydrogens is 368 g/mol. The molecule has 132 valence electrons. The van der Waals surface area contributed by atoms with Crippen molar-refractivity contribution < 1.29 is 22.5 Å². The fourth-order valence-electron chi connectivity index (χ4n) is 2.02. The van der Waals surface area contributed by atoms with E-state index in [4.69, 9.17) is 9.26 Å². The predicted molar refractivity (Wildman–Crippen MR) is 88.4 cm³/mol. The van der Waals surface area contributed by atoms with Gasteiger partial charge in [0.15, 0.2) is 6.61 Å². The molecule has 0 saturated carbocycles. The number of aryl methyl sites for hydroxylation is 1. The Morgan fingerprint density at radius 3 is 2.96 bits per heavy atom. The van der Waals surface area contributed by atoms with Gasteiger partial charge in [-0.2, -0.15) is 16.3 Å². The number of nitrogens with zero attached hydrogens (tertiary/aromatic N) is 3. The van der Waals surface area contributed by atoms with E-state index in [9.17, 15) is 13.2 Å². The van der Waals surface area contributed by atoms with Crippen molar-refractivity contribution in [2.45, 2.75) is 11.5 Å². The Labute approximate surface area is 147 Å². The number of carbonyl (C=O) groups is 1. The molecule has 3 aromatic heterocycles. The molecule has 25 heavy (non-hydrogen) atoms. The number of carbonyl (C=O) groups excluding carboxylic acids is 1. The maximum absolute atomic E-state index is 12.2. The summed E-state index contributed by atoms with van der Waals surface area (Å²) in [5, 5.41) is 7.49. The summed E-state index contributed by atoms with van der Waals surface area (Å²) >= 11 is 1.50. The van der Waals surface area contributed by atoms with E-state index in [2.05, 4.69) is 14.9 Å². The Kier molecular flexibility index (Phi) is 4.70. The van der Waals surface area contributed by atoms with Gasteiger partial charge < -0.3 is 13.8 Å². The van der Waals surface area contributed by atoms with Crippen molar-refractivity contribution in [3.63, 3.8) is 0 Å². The second-order valence-electron chi connectivity index (χ2n) is 4.98. The van der Waals surface area contributed by atoms with E-state index in [0.29, 0.717) is 5.89 Å². The summed E-state index contributed by atoms with van der Waals surface area (Å²) in [5.74, 6) is -0.137. The maximum atomic E-state index is 12.2. The minimum absolute atomic E-state index is 0.0243. The van der Waals surface area contributed by atoms with Crippen molar-refractivity contribution in [1.82, 2.24) is 19.4 Å². The lowest BCUT2D eigenvalue weighted by Gasteiger charge is -2.02. The summed E-state index contributed by atoms with van der Waals surface area (Å²) < 4.78 is 37.3. The number of sulfonamides is 1. The van der Waals surface area contributed by atoms with E-state index in [0.717, 1.165) is 5.56 Å². The number of hydrogen-bond donors (Lipinski definition) is 1. The molecule has 0 unspecified atom stereocenters. The molecule has 3 heterocycles. The minimum atomic E-state index is -3.64. The second kappa shape index (κ2) is 6.78. The molecule has 1 N–H and O–H groups in total. The van der Waals surface area contributed by atoms with E-state index in [1.807, 2.05) is 16.8 Å². The molecule has 0 amide bonds. The lowest BCUT2D eigenvalue weighted by molar-refractivity contribution is 0.0448. The molecule has 0 spiro atoms. The number of nitrogens with one attached hydrogen (secondary N) is 1. The summed E-state index contributed by atoms with van der Waals surface area (Å²) in [5.41, 5.74) is 0.884. The number of thiophene rings is 1. The molecule has 0 saturated heterocycles. The topological polar surface area (TPSA) is 116 Å². The summed E-state index contributed by atoms with van der Waals surface area (Å²) in [6, 6.07) is 3.07. The number of esters is 1. The average molecular weight is 382 g/mol. The van der Waals surface area contributed by atoms with Gasteiger partial charge >= 0.3 is 5.97 Å². The lowest BCUT2D eigenvalue weighted by Crippen LogP contribution is -2.17. The Balaban J connectivity index is 1.69. The summed E-state index contributed by atoms with van der Waals surface area (Å²) in [6.07, 6.45) is 1.32. The molecule has 3 rings (SSSR count). The van der Waals surface area contributed by atoms with Crippen LogP contribution in [-0.4, -0.2) is 36.1 Å². The standard InChI is InChI=1S/C14H14N4O5S2/c1-15-25(20,21)10-5-11(18(2)6-10)14(19)22-7-12-16-13(23-17-12)9-3-4-24-8-9/h3-6,8,15H,7H2,1-2H3. The van der Waals surface area contributed by atoms with Crippen molar-refractivity contribution in [1.29, 1.82) is 0 Å². The molecule has 0 atom stereocenters. The van der Waals surface area contributed by atoms with Gasteiger partial charge in [-0.15, -0.1) is 0 Å². The van der Waals surface area contributed by atoms with Crippen molar-refractivity contribution >= 4 is 27.3 Å². The highest BCUT2D eigenvalue weighted by molar-refractivity contribution is 7.89. The molecule has 0 aliphatic carbocycles. The number of ether oxygens (including phenoxy) is 1. The van der Waals surface area contributed by atoms with Gasteiger partial charge in [-0.3, -0.25) is 0 Å². The van der Waals surface area contributed by atoms with Crippen LogP contribution in [0.3, 0.4) is 0 Å². The van der Waals surface area contributed by atoms with Crippen LogP contribution in [0.25, 0.3) is 11.5 Å². The molecule has 3 aromatic rings. The van der Waals surface area contributed by atoms with Gasteiger partial charge in [0.1, 0.15) is 10.6 Å². The quantitative estimate of drug-likeness (QED) is 0.641. The van der Waals surface area contributed by atoms with Crippen LogP contribution >= 0.6 is 11.3 Å². The molecule has 0 aliphatic rings. The molecule has 0 aromatic carbocycles. The van der Waals surface area contributed by atoms with Gasteiger partial charge in [0.05, 0.1) is 5.56 Å². The largest absolute Gasteiger partial charge is 0.453 e. The summed E-state index contributed by atoms with van der Waals surface area (Å²) in [6.45, 7) is -0.189. The summed E-state index contributed by atoms with van der Waals surface area (Å²) in [7, 11) is -0.796. The van der Waals surface area contributed by atoms with Gasteiger partial charge in [0.2, 0.25) is 15.8 Å². The van der Waals surface area contributed by atoms with E-state index in [1.165, 1.54) is 35.2 Å². The third-order valence-corrected chi connectivity index (χ3v) is 5.40. The van der Waals surface area contributed by atoms with Crippen LogP contribution in [-0.2, 0) is 28.4 Å². The van der Waals surface area contributed by atoms with E-state index in [1.54, 1.807) is 7.05 Å². The van der Waals surface area contributed by atoms with Crippen LogP contribution < -0.4 is 4.72 Å². The van der Waals surface area contributed by atoms with Gasteiger partial charge in [0, 0.05) is 18.6 Å². The highest BCUT2D eigenvalue weighted by Gasteiger charge is 2.20. The average Bonchev–Trinajstić information content (AvgIpc) is 3.32.